The van der Waals surface area contributed by atoms with Crippen LogP contribution in [0.3, 0.4) is 0 Å². The van der Waals surface area contributed by atoms with Gasteiger partial charge in [-0.15, -0.1) is 12.4 Å². The Labute approximate surface area is 199 Å². The van der Waals surface area contributed by atoms with Gasteiger partial charge in [0.2, 0.25) is 5.91 Å². The molecule has 0 aromatic heterocycles. The summed E-state index contributed by atoms with van der Waals surface area (Å²) in [7, 11) is 0. The standard InChI is InChI=1S/C24H27N3O5.ClH/c1-17(19-4-6-20(7-5-19)22(28)29)27-23(30)24(10-13-31-14-11-24)26-12-15-32-21-8-2-18(16-25)3-9-21;/h2-9,17,26H,10-15H2,1H3,(H,27,30)(H,28,29);1H/t17-;/m0./s1. The lowest BCUT2D eigenvalue weighted by Crippen LogP contribution is -2.60. The van der Waals surface area contributed by atoms with Gasteiger partial charge in [0.15, 0.2) is 0 Å². The summed E-state index contributed by atoms with van der Waals surface area (Å²) in [6.07, 6.45) is 1.08. The van der Waals surface area contributed by atoms with E-state index in [0.717, 1.165) is 5.56 Å². The molecule has 1 aliphatic heterocycles. The Bertz CT molecular complexity index is 967. The lowest BCUT2D eigenvalue weighted by molar-refractivity contribution is -0.132. The third-order valence-corrected chi connectivity index (χ3v) is 5.60. The van der Waals surface area contributed by atoms with Crippen molar-refractivity contribution < 1.29 is 24.2 Å². The molecule has 0 saturated carbocycles. The minimum Gasteiger partial charge on any atom is -0.492 e. The number of halogens is 1. The molecule has 1 atom stereocenters. The number of nitriles is 1. The van der Waals surface area contributed by atoms with Crippen LogP contribution < -0.4 is 15.4 Å². The lowest BCUT2D eigenvalue weighted by Gasteiger charge is -2.37. The summed E-state index contributed by atoms with van der Waals surface area (Å²) in [5.74, 6) is -0.439. The molecule has 0 unspecified atom stereocenters. The summed E-state index contributed by atoms with van der Waals surface area (Å²) in [4.78, 5) is 24.3. The fraction of sp³-hybridized carbons (Fsp3) is 0.375. The fourth-order valence-electron chi connectivity index (χ4n) is 3.62. The summed E-state index contributed by atoms with van der Waals surface area (Å²) in [5, 5.41) is 24.3. The molecule has 1 fully saturated rings. The number of carboxylic acid groups (broad SMARTS) is 1. The average molecular weight is 474 g/mol. The molecule has 1 heterocycles. The highest BCUT2D eigenvalue weighted by molar-refractivity contribution is 5.88. The number of amides is 1. The number of hydrogen-bond acceptors (Lipinski definition) is 6. The van der Waals surface area contributed by atoms with E-state index in [-0.39, 0.29) is 29.9 Å². The largest absolute Gasteiger partial charge is 0.492 e. The SMILES string of the molecule is C[C@H](NC(=O)C1(NCCOc2ccc(C#N)cc2)CCOCC1)c1ccc(C(=O)O)cc1.Cl. The molecule has 1 saturated heterocycles. The average Bonchev–Trinajstić information content (AvgIpc) is 2.82. The van der Waals surface area contributed by atoms with E-state index in [0.29, 0.717) is 50.5 Å². The van der Waals surface area contributed by atoms with Crippen molar-refractivity contribution in [1.82, 2.24) is 10.6 Å². The quantitative estimate of drug-likeness (QED) is 0.478. The topological polar surface area (TPSA) is 121 Å². The number of rotatable bonds is 9. The first kappa shape index (κ1) is 26.1. The Hall–Kier alpha value is -3.12. The summed E-state index contributed by atoms with van der Waals surface area (Å²) in [6.45, 7) is 3.68. The predicted octanol–water partition coefficient (Wildman–Crippen LogP) is 3.07. The maximum atomic E-state index is 13.2. The van der Waals surface area contributed by atoms with Crippen LogP contribution in [0.15, 0.2) is 48.5 Å². The van der Waals surface area contributed by atoms with E-state index in [1.165, 1.54) is 12.1 Å². The van der Waals surface area contributed by atoms with Crippen molar-refractivity contribution in [3.8, 4) is 11.8 Å². The molecule has 0 bridgehead atoms. The van der Waals surface area contributed by atoms with E-state index in [2.05, 4.69) is 16.7 Å². The van der Waals surface area contributed by atoms with E-state index in [4.69, 9.17) is 19.8 Å². The van der Waals surface area contributed by atoms with Gasteiger partial charge in [0.05, 0.1) is 23.2 Å². The molecule has 2 aromatic carbocycles. The Balaban J connectivity index is 0.00000385. The van der Waals surface area contributed by atoms with Gasteiger partial charge < -0.3 is 19.9 Å². The fourth-order valence-corrected chi connectivity index (χ4v) is 3.62. The molecule has 8 nitrogen and oxygen atoms in total. The van der Waals surface area contributed by atoms with Gasteiger partial charge in [-0.2, -0.15) is 5.26 Å². The number of benzene rings is 2. The second-order valence-electron chi connectivity index (χ2n) is 7.73. The van der Waals surface area contributed by atoms with Gasteiger partial charge in [-0.1, -0.05) is 12.1 Å². The Morgan fingerprint density at radius 1 is 1.15 bits per heavy atom. The van der Waals surface area contributed by atoms with Gasteiger partial charge in [-0.05, 0) is 61.7 Å². The number of carbonyl (C=O) groups excluding carboxylic acids is 1. The van der Waals surface area contributed by atoms with Gasteiger partial charge in [0.1, 0.15) is 17.9 Å². The van der Waals surface area contributed by atoms with E-state index in [1.54, 1.807) is 36.4 Å². The van der Waals surface area contributed by atoms with Crippen LogP contribution in [0, 0.1) is 11.3 Å². The molecule has 1 aliphatic rings. The van der Waals surface area contributed by atoms with Crippen LogP contribution in [-0.4, -0.2) is 48.9 Å². The molecular formula is C24H28ClN3O5. The van der Waals surface area contributed by atoms with E-state index >= 15 is 0 Å². The third kappa shape index (κ3) is 6.93. The monoisotopic (exact) mass is 473 g/mol. The van der Waals surface area contributed by atoms with Crippen LogP contribution in [0.1, 0.15) is 47.3 Å². The zero-order valence-electron chi connectivity index (χ0n) is 18.4. The summed E-state index contributed by atoms with van der Waals surface area (Å²) < 4.78 is 11.2. The first-order valence-corrected chi connectivity index (χ1v) is 10.5. The second kappa shape index (κ2) is 12.2. The normalized spacial score (nSPS) is 15.4. The van der Waals surface area contributed by atoms with Gasteiger partial charge >= 0.3 is 5.97 Å². The number of ether oxygens (including phenoxy) is 2. The lowest BCUT2D eigenvalue weighted by atomic mass is 9.88. The minimum atomic E-state index is -0.984. The van der Waals surface area contributed by atoms with Gasteiger partial charge in [0.25, 0.3) is 0 Å². The highest BCUT2D eigenvalue weighted by Crippen LogP contribution is 2.23. The maximum absolute atomic E-state index is 13.2. The molecule has 3 N–H and O–H groups in total. The molecule has 3 rings (SSSR count). The molecule has 1 amide bonds. The van der Waals surface area contributed by atoms with Crippen molar-refractivity contribution in [2.45, 2.75) is 31.3 Å². The summed E-state index contributed by atoms with van der Waals surface area (Å²) >= 11 is 0. The van der Waals surface area contributed by atoms with Crippen LogP contribution in [0.5, 0.6) is 5.75 Å². The second-order valence-corrected chi connectivity index (χ2v) is 7.73. The predicted molar refractivity (Wildman–Crippen MR) is 125 cm³/mol. The van der Waals surface area contributed by atoms with Crippen molar-refractivity contribution in [3.63, 3.8) is 0 Å². The highest BCUT2D eigenvalue weighted by atomic mass is 35.5. The zero-order valence-corrected chi connectivity index (χ0v) is 19.2. The smallest absolute Gasteiger partial charge is 0.335 e. The van der Waals surface area contributed by atoms with Crippen LogP contribution in [0.2, 0.25) is 0 Å². The molecule has 2 aromatic rings. The number of carboxylic acids is 1. The van der Waals surface area contributed by atoms with E-state index in [9.17, 15) is 9.59 Å². The van der Waals surface area contributed by atoms with Gasteiger partial charge in [-0.25, -0.2) is 4.79 Å². The van der Waals surface area contributed by atoms with E-state index < -0.39 is 11.5 Å². The molecule has 33 heavy (non-hydrogen) atoms. The number of hydrogen-bond donors (Lipinski definition) is 3. The van der Waals surface area contributed by atoms with Crippen LogP contribution in [-0.2, 0) is 9.53 Å². The molecule has 0 aliphatic carbocycles. The molecule has 9 heteroatoms. The highest BCUT2D eigenvalue weighted by Gasteiger charge is 2.40. The van der Waals surface area contributed by atoms with Crippen LogP contribution in [0.25, 0.3) is 0 Å². The minimum absolute atomic E-state index is 0. The maximum Gasteiger partial charge on any atom is 0.335 e. The Morgan fingerprint density at radius 2 is 1.79 bits per heavy atom. The number of nitrogens with one attached hydrogen (secondary N) is 2. The molecule has 176 valence electrons. The summed E-state index contributed by atoms with van der Waals surface area (Å²) in [6, 6.07) is 15.2. The van der Waals surface area contributed by atoms with Crippen molar-refractivity contribution in [2.24, 2.45) is 0 Å². The van der Waals surface area contributed by atoms with Crippen LogP contribution >= 0.6 is 12.4 Å². The first-order valence-electron chi connectivity index (χ1n) is 10.5. The Morgan fingerprint density at radius 3 is 2.36 bits per heavy atom. The molecular weight excluding hydrogens is 446 g/mol. The molecule has 0 radical (unpaired) electrons. The van der Waals surface area contributed by atoms with Crippen molar-refractivity contribution in [3.05, 3.63) is 65.2 Å². The Kier molecular flexibility index (Phi) is 9.67. The van der Waals surface area contributed by atoms with Gasteiger partial charge in [0, 0.05) is 19.8 Å². The van der Waals surface area contributed by atoms with Crippen molar-refractivity contribution in [1.29, 1.82) is 5.26 Å². The van der Waals surface area contributed by atoms with Crippen molar-refractivity contribution >= 4 is 24.3 Å². The first-order chi connectivity index (χ1) is 15.4. The zero-order chi connectivity index (χ0) is 23.0. The van der Waals surface area contributed by atoms with Gasteiger partial charge in [-0.3, -0.25) is 10.1 Å². The summed E-state index contributed by atoms with van der Waals surface area (Å²) in [5.41, 5.74) is 0.841. The van der Waals surface area contributed by atoms with Crippen molar-refractivity contribution in [2.75, 3.05) is 26.4 Å². The number of nitrogens with zero attached hydrogens (tertiary/aromatic N) is 1. The van der Waals surface area contributed by atoms with E-state index in [1.807, 2.05) is 6.92 Å². The van der Waals surface area contributed by atoms with Crippen LogP contribution in [0.4, 0.5) is 0 Å². The molecule has 0 spiro atoms. The third-order valence-electron chi connectivity index (χ3n) is 5.60. The number of aromatic carboxylic acids is 1. The number of carbonyl (C=O) groups is 2.